The maximum absolute atomic E-state index is 4.88. The van der Waals surface area contributed by atoms with Gasteiger partial charge in [0.2, 0.25) is 5.95 Å². The molecule has 21 heavy (non-hydrogen) atoms. The molecule has 3 heterocycles. The van der Waals surface area contributed by atoms with Crippen molar-refractivity contribution in [3.63, 3.8) is 0 Å². The van der Waals surface area contributed by atoms with Crippen LogP contribution < -0.4 is 4.90 Å². The number of fused-ring (bicyclic) bond motifs is 1. The first kappa shape index (κ1) is 12.8. The summed E-state index contributed by atoms with van der Waals surface area (Å²) in [7, 11) is 0. The second-order valence-corrected chi connectivity index (χ2v) is 6.10. The van der Waals surface area contributed by atoms with E-state index in [1.807, 2.05) is 19.2 Å². The molecule has 1 aliphatic carbocycles. The molecular formula is C16H21N5. The monoisotopic (exact) mass is 283 g/mol. The highest BCUT2D eigenvalue weighted by atomic mass is 15.3. The van der Waals surface area contributed by atoms with Crippen molar-refractivity contribution in [2.75, 3.05) is 11.4 Å². The van der Waals surface area contributed by atoms with Gasteiger partial charge in [0.1, 0.15) is 5.82 Å². The highest BCUT2D eigenvalue weighted by molar-refractivity contribution is 5.36. The zero-order valence-electron chi connectivity index (χ0n) is 12.5. The van der Waals surface area contributed by atoms with Gasteiger partial charge in [-0.2, -0.15) is 0 Å². The number of hydrogen-bond acceptors (Lipinski definition) is 4. The van der Waals surface area contributed by atoms with Crippen LogP contribution >= 0.6 is 0 Å². The Morgan fingerprint density at radius 3 is 2.95 bits per heavy atom. The second kappa shape index (κ2) is 5.13. The van der Waals surface area contributed by atoms with E-state index in [0.29, 0.717) is 6.04 Å². The summed E-state index contributed by atoms with van der Waals surface area (Å²) in [6.45, 7) is 3.03. The summed E-state index contributed by atoms with van der Waals surface area (Å²) >= 11 is 0. The maximum atomic E-state index is 4.88. The molecule has 2 aromatic heterocycles. The summed E-state index contributed by atoms with van der Waals surface area (Å²) in [6.07, 6.45) is 8.98. The lowest BCUT2D eigenvalue weighted by Crippen LogP contribution is -2.25. The Morgan fingerprint density at radius 1 is 1.19 bits per heavy atom. The van der Waals surface area contributed by atoms with E-state index < -0.39 is 0 Å². The molecule has 2 aliphatic rings. The lowest BCUT2D eigenvalue weighted by molar-refractivity contribution is 0.659. The average molecular weight is 283 g/mol. The van der Waals surface area contributed by atoms with Gasteiger partial charge in [-0.25, -0.2) is 15.0 Å². The number of nitrogens with one attached hydrogen (secondary N) is 1. The Hall–Kier alpha value is -1.91. The largest absolute Gasteiger partial charge is 0.344 e. The van der Waals surface area contributed by atoms with E-state index in [2.05, 4.69) is 19.9 Å². The van der Waals surface area contributed by atoms with Gasteiger partial charge in [0.15, 0.2) is 0 Å². The van der Waals surface area contributed by atoms with Gasteiger partial charge in [0.05, 0.1) is 11.7 Å². The lowest BCUT2D eigenvalue weighted by Gasteiger charge is -2.23. The fourth-order valence-electron chi connectivity index (χ4n) is 3.50. The van der Waals surface area contributed by atoms with Crippen molar-refractivity contribution in [2.45, 2.75) is 51.5 Å². The molecule has 0 spiro atoms. The number of aryl methyl sites for hydroxylation is 3. The van der Waals surface area contributed by atoms with Crippen molar-refractivity contribution in [3.05, 3.63) is 35.2 Å². The molecule has 0 amide bonds. The van der Waals surface area contributed by atoms with Crippen molar-refractivity contribution < 1.29 is 0 Å². The first-order valence-corrected chi connectivity index (χ1v) is 7.95. The van der Waals surface area contributed by atoms with Gasteiger partial charge in [-0.05, 0) is 51.5 Å². The minimum Gasteiger partial charge on any atom is -0.344 e. The molecule has 0 saturated carbocycles. The Kier molecular flexibility index (Phi) is 3.13. The summed E-state index contributed by atoms with van der Waals surface area (Å²) in [5.74, 6) is 1.95. The zero-order valence-corrected chi connectivity index (χ0v) is 12.5. The number of nitrogens with zero attached hydrogens (tertiary/aromatic N) is 4. The van der Waals surface area contributed by atoms with Gasteiger partial charge in [0, 0.05) is 24.1 Å². The highest BCUT2D eigenvalue weighted by Gasteiger charge is 2.31. The first-order valence-electron chi connectivity index (χ1n) is 7.95. The Balaban J connectivity index is 1.65. The lowest BCUT2D eigenvalue weighted by atomic mass is 10.0. The molecular weight excluding hydrogens is 262 g/mol. The third-order valence-corrected chi connectivity index (χ3v) is 4.58. The normalized spacial score (nSPS) is 21.6. The van der Waals surface area contributed by atoms with E-state index in [4.69, 9.17) is 4.98 Å². The number of H-pyrrole nitrogens is 1. The van der Waals surface area contributed by atoms with Gasteiger partial charge >= 0.3 is 0 Å². The summed E-state index contributed by atoms with van der Waals surface area (Å²) in [6, 6.07) is 2.25. The Morgan fingerprint density at radius 2 is 2.10 bits per heavy atom. The zero-order chi connectivity index (χ0) is 14.2. The molecule has 1 N–H and O–H groups in total. The molecule has 110 valence electrons. The number of anilines is 1. The van der Waals surface area contributed by atoms with Crippen molar-refractivity contribution in [1.29, 1.82) is 0 Å². The van der Waals surface area contributed by atoms with Crippen LogP contribution in [0.15, 0.2) is 12.3 Å². The highest BCUT2D eigenvalue weighted by Crippen LogP contribution is 2.34. The topological polar surface area (TPSA) is 57.7 Å². The van der Waals surface area contributed by atoms with E-state index >= 15 is 0 Å². The van der Waals surface area contributed by atoms with Crippen LogP contribution in [0.25, 0.3) is 0 Å². The standard InChI is InChI=1S/C16H21N5/c1-11-8-9-17-16(18-11)21-10-4-7-14(21)15-19-12-5-2-3-6-13(12)20-15/h8-9,14H,2-7,10H2,1H3,(H,19,20). The minimum atomic E-state index is 0.303. The number of hydrogen-bond donors (Lipinski definition) is 1. The molecule has 1 fully saturated rings. The third-order valence-electron chi connectivity index (χ3n) is 4.58. The van der Waals surface area contributed by atoms with Gasteiger partial charge in [0.25, 0.3) is 0 Å². The smallest absolute Gasteiger partial charge is 0.226 e. The molecule has 0 bridgehead atoms. The SMILES string of the molecule is Cc1ccnc(N2CCCC2c2nc3c([nH]2)CCCC3)n1. The first-order chi connectivity index (χ1) is 10.3. The third kappa shape index (κ3) is 2.30. The van der Waals surface area contributed by atoms with E-state index in [1.165, 1.54) is 30.7 Å². The van der Waals surface area contributed by atoms with Crippen LogP contribution in [0.5, 0.6) is 0 Å². The number of rotatable bonds is 2. The van der Waals surface area contributed by atoms with Gasteiger partial charge < -0.3 is 9.88 Å². The molecule has 4 rings (SSSR count). The Labute approximate surface area is 124 Å². The van der Waals surface area contributed by atoms with E-state index in [9.17, 15) is 0 Å². The second-order valence-electron chi connectivity index (χ2n) is 6.10. The fraction of sp³-hybridized carbons (Fsp3) is 0.562. The molecule has 2 aromatic rings. The van der Waals surface area contributed by atoms with Crippen LogP contribution in [0.2, 0.25) is 0 Å². The quantitative estimate of drug-likeness (QED) is 0.920. The number of aromatic nitrogens is 4. The summed E-state index contributed by atoms with van der Waals surface area (Å²) in [4.78, 5) is 19.8. The predicted molar refractivity (Wildman–Crippen MR) is 81.3 cm³/mol. The summed E-state index contributed by atoms with van der Waals surface area (Å²) in [5.41, 5.74) is 3.66. The summed E-state index contributed by atoms with van der Waals surface area (Å²) < 4.78 is 0. The van der Waals surface area contributed by atoms with Gasteiger partial charge in [-0.3, -0.25) is 0 Å². The van der Waals surface area contributed by atoms with Crippen LogP contribution in [0, 0.1) is 6.92 Å². The fourth-order valence-corrected chi connectivity index (χ4v) is 3.50. The molecule has 1 atom stereocenters. The van der Waals surface area contributed by atoms with Crippen molar-refractivity contribution in [3.8, 4) is 0 Å². The Bertz CT molecular complexity index is 624. The molecule has 1 saturated heterocycles. The minimum absolute atomic E-state index is 0.303. The van der Waals surface area contributed by atoms with Crippen molar-refractivity contribution in [2.24, 2.45) is 0 Å². The number of imidazole rings is 1. The van der Waals surface area contributed by atoms with Crippen molar-refractivity contribution in [1.82, 2.24) is 19.9 Å². The molecule has 5 heteroatoms. The maximum Gasteiger partial charge on any atom is 0.226 e. The molecule has 1 aliphatic heterocycles. The van der Waals surface area contributed by atoms with Gasteiger partial charge in [-0.15, -0.1) is 0 Å². The van der Waals surface area contributed by atoms with Crippen molar-refractivity contribution >= 4 is 5.95 Å². The van der Waals surface area contributed by atoms with E-state index in [1.54, 1.807) is 0 Å². The molecule has 0 radical (unpaired) electrons. The summed E-state index contributed by atoms with van der Waals surface area (Å²) in [5, 5.41) is 0. The number of aromatic amines is 1. The molecule has 1 unspecified atom stereocenters. The van der Waals surface area contributed by atoms with E-state index in [0.717, 1.165) is 43.3 Å². The van der Waals surface area contributed by atoms with Crippen LogP contribution in [0.3, 0.4) is 0 Å². The van der Waals surface area contributed by atoms with Crippen LogP contribution in [-0.2, 0) is 12.8 Å². The van der Waals surface area contributed by atoms with E-state index in [-0.39, 0.29) is 0 Å². The predicted octanol–water partition coefficient (Wildman–Crippen LogP) is 2.73. The van der Waals surface area contributed by atoms with Crippen LogP contribution in [0.4, 0.5) is 5.95 Å². The average Bonchev–Trinajstić information content (AvgIpc) is 3.13. The molecule has 0 aromatic carbocycles. The molecule has 5 nitrogen and oxygen atoms in total. The van der Waals surface area contributed by atoms with Crippen LogP contribution in [0.1, 0.15) is 54.6 Å². The van der Waals surface area contributed by atoms with Gasteiger partial charge in [-0.1, -0.05) is 0 Å². The van der Waals surface area contributed by atoms with Crippen LogP contribution in [-0.4, -0.2) is 26.5 Å².